The standard InChI is InChI=1S/C15H17NO/c1-12-7-3-5-9-14(12)16(2)11-13-8-4-6-10-15(13)17/h3-10,17H,11H2,1-2H3. The van der Waals surface area contributed by atoms with Crippen molar-refractivity contribution in [3.05, 3.63) is 59.7 Å². The first-order valence-corrected chi connectivity index (χ1v) is 5.72. The molecule has 0 aliphatic carbocycles. The van der Waals surface area contributed by atoms with Gasteiger partial charge >= 0.3 is 0 Å². The summed E-state index contributed by atoms with van der Waals surface area (Å²) in [4.78, 5) is 2.14. The Hall–Kier alpha value is -1.96. The number of rotatable bonds is 3. The smallest absolute Gasteiger partial charge is 0.120 e. The molecular formula is C15H17NO. The lowest BCUT2D eigenvalue weighted by molar-refractivity contribution is 0.468. The van der Waals surface area contributed by atoms with E-state index < -0.39 is 0 Å². The van der Waals surface area contributed by atoms with Crippen LogP contribution >= 0.6 is 0 Å². The molecule has 0 heterocycles. The van der Waals surface area contributed by atoms with E-state index in [1.165, 1.54) is 11.3 Å². The molecule has 0 saturated carbocycles. The van der Waals surface area contributed by atoms with Gasteiger partial charge in [0, 0.05) is 24.8 Å². The number of hydrogen-bond donors (Lipinski definition) is 1. The highest BCUT2D eigenvalue weighted by atomic mass is 16.3. The fourth-order valence-corrected chi connectivity index (χ4v) is 1.98. The van der Waals surface area contributed by atoms with E-state index in [0.29, 0.717) is 12.3 Å². The quantitative estimate of drug-likeness (QED) is 0.869. The van der Waals surface area contributed by atoms with Crippen molar-refractivity contribution in [2.75, 3.05) is 11.9 Å². The lowest BCUT2D eigenvalue weighted by Crippen LogP contribution is -2.17. The molecule has 2 aromatic carbocycles. The topological polar surface area (TPSA) is 23.5 Å². The summed E-state index contributed by atoms with van der Waals surface area (Å²) in [6, 6.07) is 15.7. The van der Waals surface area contributed by atoms with E-state index in [2.05, 4.69) is 24.0 Å². The minimum Gasteiger partial charge on any atom is -0.508 e. The molecule has 1 N–H and O–H groups in total. The average molecular weight is 227 g/mol. The number of aromatic hydroxyl groups is 1. The van der Waals surface area contributed by atoms with E-state index in [4.69, 9.17) is 0 Å². The summed E-state index contributed by atoms with van der Waals surface area (Å²) in [5, 5.41) is 9.75. The van der Waals surface area contributed by atoms with Crippen LogP contribution in [-0.4, -0.2) is 12.2 Å². The molecule has 2 rings (SSSR count). The summed E-state index contributed by atoms with van der Waals surface area (Å²) < 4.78 is 0. The van der Waals surface area contributed by atoms with Gasteiger partial charge in [0.15, 0.2) is 0 Å². The Morgan fingerprint density at radius 2 is 1.65 bits per heavy atom. The number of benzene rings is 2. The largest absolute Gasteiger partial charge is 0.508 e. The summed E-state index contributed by atoms with van der Waals surface area (Å²) in [5.74, 6) is 0.355. The normalized spacial score (nSPS) is 10.2. The van der Waals surface area contributed by atoms with Crippen molar-refractivity contribution >= 4 is 5.69 Å². The lowest BCUT2D eigenvalue weighted by Gasteiger charge is -2.21. The molecule has 0 aromatic heterocycles. The summed E-state index contributed by atoms with van der Waals surface area (Å²) >= 11 is 0. The van der Waals surface area contributed by atoms with Crippen LogP contribution in [0.1, 0.15) is 11.1 Å². The summed E-state index contributed by atoms with van der Waals surface area (Å²) in [6.07, 6.45) is 0. The van der Waals surface area contributed by atoms with Crippen LogP contribution in [0, 0.1) is 6.92 Å². The fraction of sp³-hybridized carbons (Fsp3) is 0.200. The molecule has 2 heteroatoms. The predicted molar refractivity (Wildman–Crippen MR) is 71.4 cm³/mol. The van der Waals surface area contributed by atoms with Crippen LogP contribution < -0.4 is 4.90 Å². The molecule has 0 aliphatic rings. The SMILES string of the molecule is Cc1ccccc1N(C)Cc1ccccc1O. The highest BCUT2D eigenvalue weighted by Gasteiger charge is 2.06. The zero-order valence-electron chi connectivity index (χ0n) is 10.2. The first-order chi connectivity index (χ1) is 8.18. The van der Waals surface area contributed by atoms with Crippen LogP contribution in [0.3, 0.4) is 0 Å². The van der Waals surface area contributed by atoms with Crippen molar-refractivity contribution < 1.29 is 5.11 Å². The van der Waals surface area contributed by atoms with Gasteiger partial charge in [0.2, 0.25) is 0 Å². The van der Waals surface area contributed by atoms with E-state index in [-0.39, 0.29) is 0 Å². The van der Waals surface area contributed by atoms with Gasteiger partial charge in [-0.3, -0.25) is 0 Å². The lowest BCUT2D eigenvalue weighted by atomic mass is 10.1. The van der Waals surface area contributed by atoms with Gasteiger partial charge in [-0.05, 0) is 24.6 Å². The molecule has 0 aliphatic heterocycles. The first-order valence-electron chi connectivity index (χ1n) is 5.72. The van der Waals surface area contributed by atoms with Crippen LogP contribution in [0.5, 0.6) is 5.75 Å². The van der Waals surface area contributed by atoms with Crippen molar-refractivity contribution in [1.29, 1.82) is 0 Å². The van der Waals surface area contributed by atoms with Gasteiger partial charge in [0.1, 0.15) is 5.75 Å². The predicted octanol–water partition coefficient (Wildman–Crippen LogP) is 3.34. The number of aryl methyl sites for hydroxylation is 1. The Labute approximate surface area is 102 Å². The number of phenols is 1. The first kappa shape index (κ1) is 11.5. The minimum atomic E-state index is 0.355. The number of phenolic OH excluding ortho intramolecular Hbond substituents is 1. The third kappa shape index (κ3) is 2.59. The molecule has 17 heavy (non-hydrogen) atoms. The van der Waals surface area contributed by atoms with Gasteiger partial charge in [-0.25, -0.2) is 0 Å². The van der Waals surface area contributed by atoms with E-state index in [0.717, 1.165) is 5.56 Å². The molecule has 0 fully saturated rings. The Kier molecular flexibility index (Phi) is 3.33. The van der Waals surface area contributed by atoms with Gasteiger partial charge in [0.25, 0.3) is 0 Å². The second-order valence-corrected chi connectivity index (χ2v) is 4.27. The van der Waals surface area contributed by atoms with Crippen LogP contribution in [0.4, 0.5) is 5.69 Å². The molecule has 0 unspecified atom stereocenters. The number of anilines is 1. The molecule has 88 valence electrons. The van der Waals surface area contributed by atoms with Crippen molar-refractivity contribution in [2.24, 2.45) is 0 Å². The number of para-hydroxylation sites is 2. The Morgan fingerprint density at radius 3 is 2.35 bits per heavy atom. The molecule has 0 amide bonds. The van der Waals surface area contributed by atoms with Gasteiger partial charge in [-0.2, -0.15) is 0 Å². The molecule has 2 aromatic rings. The van der Waals surface area contributed by atoms with Crippen molar-refractivity contribution in [3.8, 4) is 5.75 Å². The van der Waals surface area contributed by atoms with Crippen LogP contribution in [-0.2, 0) is 6.54 Å². The van der Waals surface area contributed by atoms with E-state index in [1.807, 2.05) is 37.4 Å². The van der Waals surface area contributed by atoms with E-state index in [1.54, 1.807) is 6.07 Å². The Morgan fingerprint density at radius 1 is 1.00 bits per heavy atom. The maximum atomic E-state index is 9.75. The van der Waals surface area contributed by atoms with Crippen molar-refractivity contribution in [1.82, 2.24) is 0 Å². The molecule has 2 nitrogen and oxygen atoms in total. The van der Waals surface area contributed by atoms with E-state index >= 15 is 0 Å². The average Bonchev–Trinajstić information content (AvgIpc) is 2.32. The number of hydrogen-bond acceptors (Lipinski definition) is 2. The summed E-state index contributed by atoms with van der Waals surface area (Å²) in [6.45, 7) is 2.80. The third-order valence-electron chi connectivity index (χ3n) is 2.93. The second-order valence-electron chi connectivity index (χ2n) is 4.27. The number of nitrogens with zero attached hydrogens (tertiary/aromatic N) is 1. The highest BCUT2D eigenvalue weighted by molar-refractivity contribution is 5.53. The maximum absolute atomic E-state index is 9.75. The second kappa shape index (κ2) is 4.91. The van der Waals surface area contributed by atoms with Gasteiger partial charge in [-0.15, -0.1) is 0 Å². The zero-order valence-corrected chi connectivity index (χ0v) is 10.2. The van der Waals surface area contributed by atoms with Crippen LogP contribution in [0.25, 0.3) is 0 Å². The molecule has 0 bridgehead atoms. The van der Waals surface area contributed by atoms with Gasteiger partial charge < -0.3 is 10.0 Å². The fourth-order valence-electron chi connectivity index (χ4n) is 1.98. The van der Waals surface area contributed by atoms with Crippen LogP contribution in [0.15, 0.2) is 48.5 Å². The monoisotopic (exact) mass is 227 g/mol. The van der Waals surface area contributed by atoms with Crippen molar-refractivity contribution in [3.63, 3.8) is 0 Å². The third-order valence-corrected chi connectivity index (χ3v) is 2.93. The molecule has 0 spiro atoms. The molecule has 0 radical (unpaired) electrons. The maximum Gasteiger partial charge on any atom is 0.120 e. The summed E-state index contributed by atoms with van der Waals surface area (Å²) in [5.41, 5.74) is 3.37. The molecule has 0 saturated heterocycles. The minimum absolute atomic E-state index is 0.355. The van der Waals surface area contributed by atoms with Crippen LogP contribution in [0.2, 0.25) is 0 Å². The highest BCUT2D eigenvalue weighted by Crippen LogP contribution is 2.23. The Bertz CT molecular complexity index is 508. The van der Waals surface area contributed by atoms with Crippen molar-refractivity contribution in [2.45, 2.75) is 13.5 Å². The molecule has 0 atom stereocenters. The van der Waals surface area contributed by atoms with Gasteiger partial charge in [0.05, 0.1) is 0 Å². The molecular weight excluding hydrogens is 210 g/mol. The summed E-state index contributed by atoms with van der Waals surface area (Å²) in [7, 11) is 2.04. The van der Waals surface area contributed by atoms with E-state index in [9.17, 15) is 5.11 Å². The zero-order chi connectivity index (χ0) is 12.3. The van der Waals surface area contributed by atoms with Gasteiger partial charge in [-0.1, -0.05) is 36.4 Å². The Balaban J connectivity index is 2.20.